The zero-order chi connectivity index (χ0) is 9.35. The van der Waals surface area contributed by atoms with Crippen LogP contribution in [0.1, 0.15) is 25.8 Å². The molecular weight excluding hydrogens is 238 g/mol. The first-order valence-corrected chi connectivity index (χ1v) is 5.45. The van der Waals surface area contributed by atoms with Crippen molar-refractivity contribution < 1.29 is 5.11 Å². The fourth-order valence-electron chi connectivity index (χ4n) is 0.734. The molecule has 12 heavy (non-hydrogen) atoms. The molecule has 68 valence electrons. The summed E-state index contributed by atoms with van der Waals surface area (Å²) in [5.74, 6) is 0.176. The number of nitrogens with zero attached hydrogens (tertiary/aromatic N) is 1. The summed E-state index contributed by atoms with van der Waals surface area (Å²) in [6, 6.07) is 0. The van der Waals surface area contributed by atoms with Crippen molar-refractivity contribution in [2.24, 2.45) is 5.92 Å². The van der Waals surface area contributed by atoms with Gasteiger partial charge in [0.1, 0.15) is 15.2 Å². The van der Waals surface area contributed by atoms with Crippen molar-refractivity contribution in [3.63, 3.8) is 0 Å². The van der Waals surface area contributed by atoms with Gasteiger partial charge in [-0.15, -0.1) is 11.3 Å². The van der Waals surface area contributed by atoms with Crippen LogP contribution in [0.15, 0.2) is 9.98 Å². The van der Waals surface area contributed by atoms with E-state index in [2.05, 4.69) is 20.9 Å². The average molecular weight is 250 g/mol. The van der Waals surface area contributed by atoms with Gasteiger partial charge >= 0.3 is 0 Å². The number of hydrogen-bond donors (Lipinski definition) is 1. The van der Waals surface area contributed by atoms with E-state index in [1.54, 1.807) is 6.92 Å². The van der Waals surface area contributed by atoms with Gasteiger partial charge in [-0.3, -0.25) is 0 Å². The van der Waals surface area contributed by atoms with E-state index in [1.807, 2.05) is 19.2 Å². The first kappa shape index (κ1) is 10.2. The van der Waals surface area contributed by atoms with Crippen molar-refractivity contribution in [1.82, 2.24) is 4.98 Å². The lowest BCUT2D eigenvalue weighted by molar-refractivity contribution is 0.00875. The molecule has 4 heteroatoms. The smallest absolute Gasteiger partial charge is 0.126 e. The minimum Gasteiger partial charge on any atom is -0.383 e. The van der Waals surface area contributed by atoms with E-state index in [9.17, 15) is 5.11 Å². The Hall–Kier alpha value is 0.0700. The van der Waals surface area contributed by atoms with Crippen molar-refractivity contribution in [1.29, 1.82) is 0 Å². The van der Waals surface area contributed by atoms with Crippen molar-refractivity contribution in [3.8, 4) is 0 Å². The molecule has 0 amide bonds. The second-order valence-electron chi connectivity index (χ2n) is 3.28. The van der Waals surface area contributed by atoms with Gasteiger partial charge in [0.05, 0.1) is 0 Å². The number of aromatic nitrogens is 1. The van der Waals surface area contributed by atoms with Crippen LogP contribution >= 0.6 is 27.3 Å². The minimum absolute atomic E-state index is 0.176. The van der Waals surface area contributed by atoms with Gasteiger partial charge in [-0.05, 0) is 28.8 Å². The van der Waals surface area contributed by atoms with Crippen LogP contribution in [0.2, 0.25) is 0 Å². The Morgan fingerprint density at radius 3 is 2.58 bits per heavy atom. The van der Waals surface area contributed by atoms with Gasteiger partial charge in [0.25, 0.3) is 0 Å². The van der Waals surface area contributed by atoms with E-state index in [1.165, 1.54) is 11.3 Å². The maximum Gasteiger partial charge on any atom is 0.126 e. The molecule has 0 saturated heterocycles. The highest BCUT2D eigenvalue weighted by atomic mass is 79.9. The molecule has 0 aliphatic rings. The zero-order valence-corrected chi connectivity index (χ0v) is 9.74. The number of halogens is 1. The molecule has 0 aliphatic carbocycles. The van der Waals surface area contributed by atoms with Crippen LogP contribution in [-0.4, -0.2) is 10.1 Å². The molecule has 1 aromatic rings. The molecule has 1 atom stereocenters. The second-order valence-corrected chi connectivity index (χ2v) is 4.95. The Bertz CT molecular complexity index is 270. The molecule has 0 saturated carbocycles. The quantitative estimate of drug-likeness (QED) is 0.875. The number of rotatable bonds is 2. The third-order valence-electron chi connectivity index (χ3n) is 2.03. The summed E-state index contributed by atoms with van der Waals surface area (Å²) in [4.78, 5) is 4.19. The molecule has 1 rings (SSSR count). The monoisotopic (exact) mass is 249 g/mol. The van der Waals surface area contributed by atoms with Crippen molar-refractivity contribution in [3.05, 3.63) is 15.0 Å². The van der Waals surface area contributed by atoms with E-state index in [0.717, 1.165) is 9.61 Å². The highest BCUT2D eigenvalue weighted by Gasteiger charge is 2.30. The van der Waals surface area contributed by atoms with Gasteiger partial charge in [0.2, 0.25) is 0 Å². The first-order chi connectivity index (χ1) is 5.44. The molecule has 0 aromatic carbocycles. The molecule has 0 bridgehead atoms. The molecule has 1 unspecified atom stereocenters. The summed E-state index contributed by atoms with van der Waals surface area (Å²) < 4.78 is 0.795. The third-order valence-corrected chi connectivity index (χ3v) is 3.81. The van der Waals surface area contributed by atoms with Gasteiger partial charge in [-0.1, -0.05) is 13.8 Å². The first-order valence-electron chi connectivity index (χ1n) is 3.78. The Labute approximate surface area is 84.8 Å². The largest absolute Gasteiger partial charge is 0.383 e. The Morgan fingerprint density at radius 1 is 1.67 bits per heavy atom. The van der Waals surface area contributed by atoms with E-state index in [0.29, 0.717) is 0 Å². The van der Waals surface area contributed by atoms with Gasteiger partial charge in [-0.25, -0.2) is 4.98 Å². The Morgan fingerprint density at radius 2 is 2.25 bits per heavy atom. The Kier molecular flexibility index (Phi) is 2.91. The van der Waals surface area contributed by atoms with Gasteiger partial charge in [0, 0.05) is 5.38 Å². The fourth-order valence-corrected chi connectivity index (χ4v) is 2.20. The lowest BCUT2D eigenvalue weighted by Crippen LogP contribution is -2.27. The van der Waals surface area contributed by atoms with E-state index in [4.69, 9.17) is 0 Å². The van der Waals surface area contributed by atoms with Gasteiger partial charge < -0.3 is 5.11 Å². The van der Waals surface area contributed by atoms with E-state index >= 15 is 0 Å². The van der Waals surface area contributed by atoms with Gasteiger partial charge in [-0.2, -0.15) is 0 Å². The summed E-state index contributed by atoms with van der Waals surface area (Å²) in [6.45, 7) is 5.76. The number of hydrogen-bond acceptors (Lipinski definition) is 3. The molecule has 0 aliphatic heterocycles. The third kappa shape index (κ3) is 1.87. The molecule has 1 aromatic heterocycles. The van der Waals surface area contributed by atoms with Crippen LogP contribution in [-0.2, 0) is 5.60 Å². The highest BCUT2D eigenvalue weighted by molar-refractivity contribution is 9.10. The SMILES string of the molecule is CC(C)C(C)(O)c1nc(Br)cs1. The van der Waals surface area contributed by atoms with Gasteiger partial charge in [0.15, 0.2) is 0 Å². The van der Waals surface area contributed by atoms with Crippen molar-refractivity contribution in [2.45, 2.75) is 26.4 Å². The molecule has 2 nitrogen and oxygen atoms in total. The van der Waals surface area contributed by atoms with E-state index < -0.39 is 5.60 Å². The zero-order valence-electron chi connectivity index (χ0n) is 7.34. The molecule has 1 heterocycles. The maximum absolute atomic E-state index is 10.0. The standard InChI is InChI=1S/C8H12BrNOS/c1-5(2)8(3,11)7-10-6(9)4-12-7/h4-5,11H,1-3H3. The molecule has 0 fully saturated rings. The summed E-state index contributed by atoms with van der Waals surface area (Å²) in [6.07, 6.45) is 0. The van der Waals surface area contributed by atoms with E-state index in [-0.39, 0.29) is 5.92 Å². The second kappa shape index (κ2) is 3.44. The summed E-state index contributed by atoms with van der Waals surface area (Å²) in [5, 5.41) is 12.7. The van der Waals surface area contributed by atoms with Crippen LogP contribution in [0.5, 0.6) is 0 Å². The number of thiazole rings is 1. The molecule has 1 N–H and O–H groups in total. The fraction of sp³-hybridized carbons (Fsp3) is 0.625. The highest BCUT2D eigenvalue weighted by Crippen LogP contribution is 2.32. The lowest BCUT2D eigenvalue weighted by Gasteiger charge is -2.24. The van der Waals surface area contributed by atoms with Crippen LogP contribution in [0, 0.1) is 5.92 Å². The predicted molar refractivity (Wildman–Crippen MR) is 54.2 cm³/mol. The van der Waals surface area contributed by atoms with Crippen LogP contribution in [0.4, 0.5) is 0 Å². The topological polar surface area (TPSA) is 33.1 Å². The summed E-state index contributed by atoms with van der Waals surface area (Å²) >= 11 is 4.74. The maximum atomic E-state index is 10.0. The van der Waals surface area contributed by atoms with Crippen LogP contribution < -0.4 is 0 Å². The molecular formula is C8H12BrNOS. The average Bonchev–Trinajstić information content (AvgIpc) is 2.35. The Balaban J connectivity index is 2.97. The van der Waals surface area contributed by atoms with Crippen LogP contribution in [0.3, 0.4) is 0 Å². The van der Waals surface area contributed by atoms with Crippen LogP contribution in [0.25, 0.3) is 0 Å². The molecule has 0 radical (unpaired) electrons. The summed E-state index contributed by atoms with van der Waals surface area (Å²) in [7, 11) is 0. The summed E-state index contributed by atoms with van der Waals surface area (Å²) in [5.41, 5.74) is -0.809. The van der Waals surface area contributed by atoms with Crippen molar-refractivity contribution in [2.75, 3.05) is 0 Å². The normalized spacial score (nSPS) is 16.5. The predicted octanol–water partition coefficient (Wildman–Crippen LogP) is 2.77. The lowest BCUT2D eigenvalue weighted by atomic mass is 9.93. The molecule has 0 spiro atoms. The minimum atomic E-state index is -0.809. The number of aliphatic hydroxyl groups is 1. The van der Waals surface area contributed by atoms with Crippen molar-refractivity contribution >= 4 is 27.3 Å².